The van der Waals surface area contributed by atoms with E-state index in [1.165, 1.54) is 6.92 Å². The second-order valence-electron chi connectivity index (χ2n) is 11.8. The van der Waals surface area contributed by atoms with Crippen molar-refractivity contribution in [2.45, 2.75) is 103 Å². The summed E-state index contributed by atoms with van der Waals surface area (Å²) < 4.78 is 10.5. The minimum Gasteiger partial charge on any atom is -0.461 e. The topological polar surface area (TPSA) is 168 Å². The first-order valence-electron chi connectivity index (χ1n) is 13.9. The van der Waals surface area contributed by atoms with E-state index in [1.54, 1.807) is 13.0 Å². The molecule has 0 spiro atoms. The highest BCUT2D eigenvalue weighted by atomic mass is 16.6. The smallest absolute Gasteiger partial charge is 0.326 e. The molecule has 1 saturated heterocycles. The molecule has 10 heteroatoms. The van der Waals surface area contributed by atoms with Crippen molar-refractivity contribution in [3.63, 3.8) is 0 Å². The normalized spacial score (nSPS) is 35.6. The second kappa shape index (κ2) is 12.8. The number of Topliss-reactive ketones (excluding diaryl/α,β-unsaturated/α-hetero) is 1. The molecule has 3 aliphatic rings. The molecule has 0 aromatic rings. The minimum atomic E-state index is -1.70. The summed E-state index contributed by atoms with van der Waals surface area (Å²) in [6, 6.07) is 0. The van der Waals surface area contributed by atoms with Crippen molar-refractivity contribution in [1.29, 1.82) is 0 Å². The molecule has 1 heterocycles. The van der Waals surface area contributed by atoms with Gasteiger partial charge in [0.25, 0.3) is 0 Å². The number of carbonyl (C=O) groups excluding carboxylic acids is 4. The van der Waals surface area contributed by atoms with Gasteiger partial charge >= 0.3 is 17.9 Å². The van der Waals surface area contributed by atoms with Crippen LogP contribution in [0.3, 0.4) is 0 Å². The van der Waals surface area contributed by atoms with Crippen LogP contribution in [0.5, 0.6) is 0 Å². The first-order valence-corrected chi connectivity index (χ1v) is 13.9. The molecule has 0 aromatic carbocycles. The molecule has 1 fully saturated rings. The molecule has 0 radical (unpaired) electrons. The maximum absolute atomic E-state index is 12.7. The number of cyclic esters (lactones) is 2. The lowest BCUT2D eigenvalue weighted by Gasteiger charge is -2.43. The zero-order valence-corrected chi connectivity index (χ0v) is 23.1. The maximum Gasteiger partial charge on any atom is 0.326 e. The van der Waals surface area contributed by atoms with Gasteiger partial charge in [0.1, 0.15) is 12.0 Å². The molecule has 10 nitrogen and oxygen atoms in total. The highest BCUT2D eigenvalue weighted by molar-refractivity contribution is 6.04. The summed E-state index contributed by atoms with van der Waals surface area (Å²) in [6.45, 7) is 7.01. The van der Waals surface area contributed by atoms with Gasteiger partial charge in [0.15, 0.2) is 5.78 Å². The summed E-state index contributed by atoms with van der Waals surface area (Å²) in [6.07, 6.45) is 2.10. The predicted octanol–water partition coefficient (Wildman–Crippen LogP) is 1.77. The van der Waals surface area contributed by atoms with Crippen LogP contribution in [0.4, 0.5) is 0 Å². The van der Waals surface area contributed by atoms with Gasteiger partial charge in [-0.3, -0.25) is 19.2 Å². The number of fused-ring (bicyclic) bond motifs is 1. The van der Waals surface area contributed by atoms with Gasteiger partial charge in [0, 0.05) is 25.2 Å². The van der Waals surface area contributed by atoms with Crippen molar-refractivity contribution in [3.8, 4) is 0 Å². The number of allylic oxidation sites excluding steroid dienone is 2. The minimum absolute atomic E-state index is 0.0315. The Kier molecular flexibility index (Phi) is 10.3. The third kappa shape index (κ3) is 7.84. The zero-order chi connectivity index (χ0) is 29.1. The van der Waals surface area contributed by atoms with Gasteiger partial charge in [-0.25, -0.2) is 0 Å². The van der Waals surface area contributed by atoms with E-state index >= 15 is 0 Å². The number of esters is 3. The van der Waals surface area contributed by atoms with Crippen molar-refractivity contribution < 1.29 is 49.1 Å². The standard InChI is InChI=1S/C29H42O10/c1-5-15(2)27(35)38-23-12-19(31)10-17-7-6-16(3)20(25(17)23)9-8-18(30)11-21(32)26-22(33)13-29(4,37)14-24(34)39-28(26)36/h6-7,10,15-16,18-21,23,25-26,30-32,37H,5,8-9,11-14H2,1-4H3/t15-,16-,18+,19+,20-,21+,23-,25-,26?,29?/m0/s1. The molecule has 10 atom stereocenters. The maximum atomic E-state index is 12.7. The van der Waals surface area contributed by atoms with E-state index in [9.17, 15) is 39.6 Å². The van der Waals surface area contributed by atoms with Gasteiger partial charge in [-0.15, -0.1) is 0 Å². The third-order valence-electron chi connectivity index (χ3n) is 8.28. The Balaban J connectivity index is 1.68. The highest BCUT2D eigenvalue weighted by Gasteiger charge is 2.45. The molecule has 39 heavy (non-hydrogen) atoms. The van der Waals surface area contributed by atoms with Crippen LogP contribution in [-0.4, -0.2) is 74.1 Å². The molecule has 0 aromatic heterocycles. The molecule has 4 N–H and O–H groups in total. The molecule has 0 bridgehead atoms. The Hall–Kier alpha value is -2.40. The van der Waals surface area contributed by atoms with E-state index in [-0.39, 0.29) is 48.9 Å². The van der Waals surface area contributed by atoms with E-state index in [0.29, 0.717) is 12.8 Å². The molecule has 1 aliphatic heterocycles. The predicted molar refractivity (Wildman–Crippen MR) is 139 cm³/mol. The first kappa shape index (κ1) is 31.1. The van der Waals surface area contributed by atoms with E-state index in [0.717, 1.165) is 5.57 Å². The van der Waals surface area contributed by atoms with Gasteiger partial charge in [-0.2, -0.15) is 0 Å². The molecule has 0 amide bonds. The average molecular weight is 551 g/mol. The van der Waals surface area contributed by atoms with E-state index in [1.807, 2.05) is 26.0 Å². The Morgan fingerprint density at radius 2 is 1.92 bits per heavy atom. The average Bonchev–Trinajstić information content (AvgIpc) is 2.81. The summed E-state index contributed by atoms with van der Waals surface area (Å²) >= 11 is 0. The van der Waals surface area contributed by atoms with Crippen LogP contribution in [0.1, 0.15) is 72.6 Å². The van der Waals surface area contributed by atoms with Crippen molar-refractivity contribution >= 4 is 23.7 Å². The molecule has 0 saturated carbocycles. The summed E-state index contributed by atoms with van der Waals surface area (Å²) in [5, 5.41) is 42.1. The van der Waals surface area contributed by atoms with Crippen molar-refractivity contribution in [3.05, 3.63) is 23.8 Å². The number of ketones is 1. The summed E-state index contributed by atoms with van der Waals surface area (Å²) in [5.41, 5.74) is -0.822. The van der Waals surface area contributed by atoms with E-state index < -0.39 is 66.5 Å². The first-order chi connectivity index (χ1) is 18.2. The Labute approximate surface area is 229 Å². The fourth-order valence-electron chi connectivity index (χ4n) is 5.91. The monoisotopic (exact) mass is 550 g/mol. The van der Waals surface area contributed by atoms with Gasteiger partial charge in [0.2, 0.25) is 0 Å². The van der Waals surface area contributed by atoms with Crippen LogP contribution in [0, 0.1) is 29.6 Å². The number of hydrogen-bond acceptors (Lipinski definition) is 10. The quantitative estimate of drug-likeness (QED) is 0.245. The lowest BCUT2D eigenvalue weighted by Crippen LogP contribution is -2.46. The SMILES string of the molecule is CC[C@H](C)C(=O)O[C@H]1C[C@H](O)C=C2C=C[C@H](C)[C@H](CC[C@@H](O)C[C@@H](O)C3C(=O)CC(C)(O)CC(=O)OC3=O)[C@H]21. The molecular formula is C29H42O10. The van der Waals surface area contributed by atoms with Crippen molar-refractivity contribution in [1.82, 2.24) is 0 Å². The van der Waals surface area contributed by atoms with Crippen LogP contribution < -0.4 is 0 Å². The van der Waals surface area contributed by atoms with Crippen molar-refractivity contribution in [2.24, 2.45) is 29.6 Å². The highest BCUT2D eigenvalue weighted by Crippen LogP contribution is 2.44. The largest absolute Gasteiger partial charge is 0.461 e. The van der Waals surface area contributed by atoms with Crippen molar-refractivity contribution in [2.75, 3.05) is 0 Å². The van der Waals surface area contributed by atoms with Gasteiger partial charge in [-0.05, 0) is 43.6 Å². The number of ether oxygens (including phenoxy) is 2. The molecule has 218 valence electrons. The number of hydrogen-bond donors (Lipinski definition) is 4. The summed E-state index contributed by atoms with van der Waals surface area (Å²) in [4.78, 5) is 49.5. The third-order valence-corrected chi connectivity index (χ3v) is 8.28. The molecule has 3 rings (SSSR count). The fraction of sp³-hybridized carbons (Fsp3) is 0.724. The van der Waals surface area contributed by atoms with Crippen LogP contribution >= 0.6 is 0 Å². The van der Waals surface area contributed by atoms with Gasteiger partial charge < -0.3 is 29.9 Å². The lowest BCUT2D eigenvalue weighted by molar-refractivity contribution is -0.173. The summed E-state index contributed by atoms with van der Waals surface area (Å²) in [7, 11) is 0. The van der Waals surface area contributed by atoms with Crippen LogP contribution in [0.2, 0.25) is 0 Å². The van der Waals surface area contributed by atoms with Gasteiger partial charge in [0.05, 0.1) is 36.3 Å². The fourth-order valence-corrected chi connectivity index (χ4v) is 5.91. The number of aliphatic hydroxyl groups is 4. The lowest BCUT2D eigenvalue weighted by atomic mass is 9.66. The van der Waals surface area contributed by atoms with Gasteiger partial charge in [-0.1, -0.05) is 39.0 Å². The molecule has 2 aliphatic carbocycles. The summed E-state index contributed by atoms with van der Waals surface area (Å²) in [5.74, 6) is -5.32. The number of carbonyl (C=O) groups is 4. The Morgan fingerprint density at radius 3 is 2.59 bits per heavy atom. The van der Waals surface area contributed by atoms with E-state index in [2.05, 4.69) is 4.74 Å². The number of rotatable bonds is 9. The molecule has 2 unspecified atom stereocenters. The Bertz CT molecular complexity index is 998. The molecular weight excluding hydrogens is 508 g/mol. The zero-order valence-electron chi connectivity index (χ0n) is 23.1. The van der Waals surface area contributed by atoms with Crippen LogP contribution in [0.25, 0.3) is 0 Å². The van der Waals surface area contributed by atoms with E-state index in [4.69, 9.17) is 4.74 Å². The number of aliphatic hydroxyl groups excluding tert-OH is 3. The second-order valence-corrected chi connectivity index (χ2v) is 11.8. The Morgan fingerprint density at radius 1 is 1.23 bits per heavy atom. The van der Waals surface area contributed by atoms with Crippen LogP contribution in [0.15, 0.2) is 23.8 Å². The van der Waals surface area contributed by atoms with Crippen LogP contribution in [-0.2, 0) is 28.7 Å².